The van der Waals surface area contributed by atoms with Crippen molar-refractivity contribution in [3.05, 3.63) is 84.9 Å². The van der Waals surface area contributed by atoms with E-state index in [4.69, 9.17) is 10.5 Å². The highest BCUT2D eigenvalue weighted by Crippen LogP contribution is 2.32. The SMILES string of the molecule is CC(=O)N(CCN1CCC(N)C1c1ccc(Oc2ccccc2)cc1)n1ccc2cncnc21. The van der Waals surface area contributed by atoms with Crippen LogP contribution in [-0.2, 0) is 4.79 Å². The Kier molecular flexibility index (Phi) is 6.24. The zero-order valence-corrected chi connectivity index (χ0v) is 19.1. The third-order valence-electron chi connectivity index (χ3n) is 6.30. The minimum atomic E-state index is -0.0430. The predicted octanol–water partition coefficient (Wildman–Crippen LogP) is 3.48. The molecule has 0 spiro atoms. The molecule has 174 valence electrons. The van der Waals surface area contributed by atoms with Crippen LogP contribution in [0.5, 0.6) is 11.5 Å². The Labute approximate surface area is 198 Å². The van der Waals surface area contributed by atoms with Crippen molar-refractivity contribution >= 4 is 16.9 Å². The highest BCUT2D eigenvalue weighted by molar-refractivity contribution is 5.86. The van der Waals surface area contributed by atoms with Crippen LogP contribution in [0.3, 0.4) is 0 Å². The van der Waals surface area contributed by atoms with E-state index in [1.165, 1.54) is 6.33 Å². The van der Waals surface area contributed by atoms with E-state index in [2.05, 4.69) is 27.0 Å². The normalized spacial score (nSPS) is 18.3. The number of nitrogens with two attached hydrogens (primary N) is 1. The number of ether oxygens (including phenoxy) is 1. The van der Waals surface area contributed by atoms with Gasteiger partial charge in [0.15, 0.2) is 5.65 Å². The Morgan fingerprint density at radius 2 is 1.88 bits per heavy atom. The van der Waals surface area contributed by atoms with Crippen molar-refractivity contribution in [2.75, 3.05) is 24.6 Å². The van der Waals surface area contributed by atoms with Crippen LogP contribution < -0.4 is 15.5 Å². The molecular formula is C26H28N6O2. The van der Waals surface area contributed by atoms with Gasteiger partial charge in [0.05, 0.1) is 6.54 Å². The molecule has 0 saturated carbocycles. The lowest BCUT2D eigenvalue weighted by atomic mass is 10.0. The number of carbonyl (C=O) groups excluding carboxylic acids is 1. The first kappa shape index (κ1) is 22.1. The third-order valence-corrected chi connectivity index (χ3v) is 6.30. The van der Waals surface area contributed by atoms with Crippen molar-refractivity contribution in [1.29, 1.82) is 0 Å². The van der Waals surface area contributed by atoms with Crippen LogP contribution in [0, 0.1) is 0 Å². The number of nitrogens with zero attached hydrogens (tertiary/aromatic N) is 5. The second kappa shape index (κ2) is 9.62. The van der Waals surface area contributed by atoms with Gasteiger partial charge in [-0.1, -0.05) is 30.3 Å². The third kappa shape index (κ3) is 4.50. The summed E-state index contributed by atoms with van der Waals surface area (Å²) < 4.78 is 7.73. The number of para-hydroxylation sites is 1. The first-order chi connectivity index (χ1) is 16.6. The number of amides is 1. The van der Waals surface area contributed by atoms with Gasteiger partial charge in [-0.3, -0.25) is 9.69 Å². The summed E-state index contributed by atoms with van der Waals surface area (Å²) in [5.74, 6) is 1.55. The summed E-state index contributed by atoms with van der Waals surface area (Å²) in [7, 11) is 0. The van der Waals surface area contributed by atoms with E-state index >= 15 is 0 Å². The molecule has 8 nitrogen and oxygen atoms in total. The zero-order chi connectivity index (χ0) is 23.5. The van der Waals surface area contributed by atoms with Gasteiger partial charge in [-0.15, -0.1) is 0 Å². The minimum absolute atomic E-state index is 0.0341. The molecule has 0 aliphatic carbocycles. The highest BCUT2D eigenvalue weighted by atomic mass is 16.5. The Morgan fingerprint density at radius 3 is 2.65 bits per heavy atom. The number of hydrogen-bond acceptors (Lipinski definition) is 6. The second-order valence-electron chi connectivity index (χ2n) is 8.52. The fourth-order valence-electron chi connectivity index (χ4n) is 4.65. The fourth-order valence-corrected chi connectivity index (χ4v) is 4.65. The van der Waals surface area contributed by atoms with Gasteiger partial charge < -0.3 is 10.5 Å². The van der Waals surface area contributed by atoms with Gasteiger partial charge in [0.25, 0.3) is 0 Å². The quantitative estimate of drug-likeness (QED) is 0.458. The van der Waals surface area contributed by atoms with Crippen LogP contribution in [0.4, 0.5) is 0 Å². The monoisotopic (exact) mass is 456 g/mol. The van der Waals surface area contributed by atoms with E-state index in [0.717, 1.165) is 35.4 Å². The van der Waals surface area contributed by atoms with Crippen molar-refractivity contribution in [3.63, 3.8) is 0 Å². The topological polar surface area (TPSA) is 89.5 Å². The molecule has 4 aromatic rings. The number of benzene rings is 2. The Balaban J connectivity index is 1.30. The molecular weight excluding hydrogens is 428 g/mol. The molecule has 2 N–H and O–H groups in total. The Bertz CT molecular complexity index is 1260. The first-order valence-electron chi connectivity index (χ1n) is 11.5. The molecule has 3 heterocycles. The van der Waals surface area contributed by atoms with E-state index in [1.54, 1.807) is 22.8 Å². The Morgan fingerprint density at radius 1 is 1.12 bits per heavy atom. The maximum Gasteiger partial charge on any atom is 0.238 e. The molecule has 1 saturated heterocycles. The van der Waals surface area contributed by atoms with Crippen LogP contribution >= 0.6 is 0 Å². The predicted molar refractivity (Wildman–Crippen MR) is 131 cm³/mol. The lowest BCUT2D eigenvalue weighted by Crippen LogP contribution is -2.44. The smallest absolute Gasteiger partial charge is 0.238 e. The van der Waals surface area contributed by atoms with Gasteiger partial charge in [0.2, 0.25) is 5.91 Å². The molecule has 0 radical (unpaired) electrons. The summed E-state index contributed by atoms with van der Waals surface area (Å²) in [6.45, 7) is 3.69. The minimum Gasteiger partial charge on any atom is -0.457 e. The molecule has 1 aliphatic heterocycles. The van der Waals surface area contributed by atoms with E-state index < -0.39 is 0 Å². The van der Waals surface area contributed by atoms with Crippen LogP contribution in [0.15, 0.2) is 79.4 Å². The van der Waals surface area contributed by atoms with Gasteiger partial charge in [-0.05, 0) is 42.3 Å². The van der Waals surface area contributed by atoms with Gasteiger partial charge >= 0.3 is 0 Å². The van der Waals surface area contributed by atoms with Gasteiger partial charge in [0, 0.05) is 49.9 Å². The molecule has 1 aliphatic rings. The standard InChI is InChI=1S/C26H28N6O2/c1-19(33)31(32-14-11-21-17-28-18-29-26(21)32)16-15-30-13-12-24(27)25(30)20-7-9-23(10-8-20)34-22-5-3-2-4-6-22/h2-11,14,17-18,24-25H,12-13,15-16,27H2,1H3. The molecule has 5 rings (SSSR count). The number of likely N-dealkylation sites (tertiary alicyclic amines) is 1. The number of fused-ring (bicyclic) bond motifs is 1. The fraction of sp³-hybridized carbons (Fsp3) is 0.269. The summed E-state index contributed by atoms with van der Waals surface area (Å²) >= 11 is 0. The molecule has 2 atom stereocenters. The summed E-state index contributed by atoms with van der Waals surface area (Å²) in [6, 6.07) is 19.9. The van der Waals surface area contributed by atoms with Gasteiger partial charge in [-0.25, -0.2) is 19.7 Å². The first-order valence-corrected chi connectivity index (χ1v) is 11.5. The van der Waals surface area contributed by atoms with E-state index in [9.17, 15) is 4.79 Å². The Hall–Kier alpha value is -3.75. The average Bonchev–Trinajstić information content (AvgIpc) is 3.44. The van der Waals surface area contributed by atoms with Crippen LogP contribution in [0.25, 0.3) is 11.0 Å². The summed E-state index contributed by atoms with van der Waals surface area (Å²) in [5.41, 5.74) is 8.39. The molecule has 34 heavy (non-hydrogen) atoms. The van der Waals surface area contributed by atoms with Crippen LogP contribution in [-0.4, -0.2) is 51.1 Å². The molecule has 2 aromatic carbocycles. The average molecular weight is 457 g/mol. The molecule has 8 heteroatoms. The molecule has 0 bridgehead atoms. The lowest BCUT2D eigenvalue weighted by Gasteiger charge is -2.30. The van der Waals surface area contributed by atoms with Crippen molar-refractivity contribution in [3.8, 4) is 11.5 Å². The lowest BCUT2D eigenvalue weighted by molar-refractivity contribution is -0.118. The van der Waals surface area contributed by atoms with E-state index in [1.807, 2.05) is 54.7 Å². The summed E-state index contributed by atoms with van der Waals surface area (Å²) in [4.78, 5) is 23.3. The summed E-state index contributed by atoms with van der Waals surface area (Å²) in [5, 5.41) is 2.61. The van der Waals surface area contributed by atoms with Crippen LogP contribution in [0.1, 0.15) is 24.9 Å². The molecule has 2 aromatic heterocycles. The second-order valence-corrected chi connectivity index (χ2v) is 8.52. The largest absolute Gasteiger partial charge is 0.457 e. The van der Waals surface area contributed by atoms with Crippen molar-refractivity contribution < 1.29 is 9.53 Å². The van der Waals surface area contributed by atoms with Crippen molar-refractivity contribution in [2.45, 2.75) is 25.4 Å². The summed E-state index contributed by atoms with van der Waals surface area (Å²) in [6.07, 6.45) is 6.02. The number of hydrogen-bond donors (Lipinski definition) is 1. The molecule has 2 unspecified atom stereocenters. The maximum atomic E-state index is 12.5. The van der Waals surface area contributed by atoms with Gasteiger partial charge in [-0.2, -0.15) is 0 Å². The van der Waals surface area contributed by atoms with Crippen molar-refractivity contribution in [1.82, 2.24) is 19.5 Å². The number of carbonyl (C=O) groups is 1. The molecule has 1 fully saturated rings. The molecule has 1 amide bonds. The number of rotatable bonds is 7. The number of aromatic nitrogens is 3. The van der Waals surface area contributed by atoms with E-state index in [0.29, 0.717) is 18.7 Å². The van der Waals surface area contributed by atoms with Gasteiger partial charge in [0.1, 0.15) is 17.8 Å². The van der Waals surface area contributed by atoms with E-state index in [-0.39, 0.29) is 18.0 Å². The zero-order valence-electron chi connectivity index (χ0n) is 19.1. The van der Waals surface area contributed by atoms with Crippen LogP contribution in [0.2, 0.25) is 0 Å². The highest BCUT2D eigenvalue weighted by Gasteiger charge is 2.33. The maximum absolute atomic E-state index is 12.5. The van der Waals surface area contributed by atoms with Crippen molar-refractivity contribution in [2.24, 2.45) is 5.73 Å².